The molecular formula is C20H32N4O2S. The molecule has 2 saturated carbocycles. The lowest BCUT2D eigenvalue weighted by Crippen LogP contribution is -2.50. The standard InChI is InChI=1S/C20H32N4O2S/c1-19(2,3)24-18(21-17(22-24)14-4-5-14)15-6-7-16(10-15)23-9-8-20(11-23)12-27(25,26)13-20/h14-16H,4-13H2,1-3H3. The van der Waals surface area contributed by atoms with Crippen LogP contribution in [0, 0.1) is 5.41 Å². The van der Waals surface area contributed by atoms with Crippen molar-refractivity contribution in [2.75, 3.05) is 24.6 Å². The molecule has 1 spiro atoms. The molecule has 2 saturated heterocycles. The van der Waals surface area contributed by atoms with Gasteiger partial charge in [-0.2, -0.15) is 5.10 Å². The maximum atomic E-state index is 11.7. The Balaban J connectivity index is 1.30. The van der Waals surface area contributed by atoms with Gasteiger partial charge in [0.1, 0.15) is 5.82 Å². The molecule has 27 heavy (non-hydrogen) atoms. The van der Waals surface area contributed by atoms with E-state index in [1.54, 1.807) is 0 Å². The molecule has 7 heteroatoms. The topological polar surface area (TPSA) is 68.1 Å². The number of hydrogen-bond donors (Lipinski definition) is 0. The van der Waals surface area contributed by atoms with E-state index in [4.69, 9.17) is 10.1 Å². The van der Waals surface area contributed by atoms with Gasteiger partial charge in [-0.25, -0.2) is 18.1 Å². The monoisotopic (exact) mass is 392 g/mol. The van der Waals surface area contributed by atoms with Crippen LogP contribution >= 0.6 is 0 Å². The molecule has 2 unspecified atom stereocenters. The zero-order valence-corrected chi connectivity index (χ0v) is 17.6. The van der Waals surface area contributed by atoms with Gasteiger partial charge in [0.05, 0.1) is 17.0 Å². The van der Waals surface area contributed by atoms with Crippen LogP contribution in [0.3, 0.4) is 0 Å². The van der Waals surface area contributed by atoms with Crippen LogP contribution in [0.1, 0.15) is 82.8 Å². The minimum absolute atomic E-state index is 0.0362. The Kier molecular flexibility index (Phi) is 3.88. The maximum Gasteiger partial charge on any atom is 0.154 e. The molecule has 0 N–H and O–H groups in total. The molecule has 0 aromatic carbocycles. The molecule has 5 rings (SSSR count). The third kappa shape index (κ3) is 3.24. The summed E-state index contributed by atoms with van der Waals surface area (Å²) in [5.74, 6) is 4.14. The van der Waals surface area contributed by atoms with Crippen molar-refractivity contribution in [1.29, 1.82) is 0 Å². The Hall–Kier alpha value is -0.950. The largest absolute Gasteiger partial charge is 0.300 e. The predicted octanol–water partition coefficient (Wildman–Crippen LogP) is 2.67. The van der Waals surface area contributed by atoms with E-state index in [1.165, 1.54) is 31.5 Å². The lowest BCUT2D eigenvalue weighted by molar-refractivity contribution is 0.213. The summed E-state index contributed by atoms with van der Waals surface area (Å²) in [5, 5.41) is 4.90. The summed E-state index contributed by atoms with van der Waals surface area (Å²) in [7, 11) is -2.74. The van der Waals surface area contributed by atoms with E-state index >= 15 is 0 Å². The van der Waals surface area contributed by atoms with Crippen LogP contribution in [-0.4, -0.2) is 58.7 Å². The van der Waals surface area contributed by atoms with Crippen LogP contribution in [0.15, 0.2) is 0 Å². The fraction of sp³-hybridized carbons (Fsp3) is 0.900. The lowest BCUT2D eigenvalue weighted by Gasteiger charge is -2.38. The summed E-state index contributed by atoms with van der Waals surface area (Å²) in [4.78, 5) is 7.59. The Morgan fingerprint density at radius 2 is 1.78 bits per heavy atom. The molecule has 150 valence electrons. The smallest absolute Gasteiger partial charge is 0.154 e. The minimum Gasteiger partial charge on any atom is -0.300 e. The molecule has 0 radical (unpaired) electrons. The number of likely N-dealkylation sites (tertiary alicyclic amines) is 1. The SMILES string of the molecule is CC(C)(C)n1nc(C2CC2)nc1C1CCC(N2CCC3(C2)CS(=O)(=O)C3)C1. The zero-order chi connectivity index (χ0) is 19.0. The highest BCUT2D eigenvalue weighted by atomic mass is 32.2. The van der Waals surface area contributed by atoms with Crippen LogP contribution in [0.25, 0.3) is 0 Å². The summed E-state index contributed by atoms with van der Waals surface area (Å²) in [6.07, 6.45) is 7.03. The van der Waals surface area contributed by atoms with Crippen LogP contribution in [-0.2, 0) is 15.4 Å². The van der Waals surface area contributed by atoms with E-state index in [0.717, 1.165) is 31.8 Å². The van der Waals surface area contributed by atoms with Gasteiger partial charge in [0, 0.05) is 29.8 Å². The van der Waals surface area contributed by atoms with Gasteiger partial charge < -0.3 is 0 Å². The quantitative estimate of drug-likeness (QED) is 0.791. The van der Waals surface area contributed by atoms with E-state index in [-0.39, 0.29) is 11.0 Å². The number of sulfone groups is 1. The van der Waals surface area contributed by atoms with Crippen molar-refractivity contribution in [1.82, 2.24) is 19.7 Å². The molecule has 0 amide bonds. The summed E-state index contributed by atoms with van der Waals surface area (Å²) in [5.41, 5.74) is 0.0348. The average Bonchev–Trinajstić information content (AvgIpc) is 2.98. The summed E-state index contributed by atoms with van der Waals surface area (Å²) >= 11 is 0. The molecule has 0 bridgehead atoms. The third-order valence-corrected chi connectivity index (χ3v) is 9.14. The molecule has 2 aliphatic heterocycles. The van der Waals surface area contributed by atoms with Gasteiger partial charge in [0.15, 0.2) is 15.7 Å². The van der Waals surface area contributed by atoms with E-state index in [2.05, 4.69) is 30.4 Å². The molecule has 6 nitrogen and oxygen atoms in total. The van der Waals surface area contributed by atoms with Gasteiger partial charge in [-0.05, 0) is 65.8 Å². The van der Waals surface area contributed by atoms with Crippen LogP contribution in [0.5, 0.6) is 0 Å². The molecule has 4 aliphatic rings. The average molecular weight is 393 g/mol. The number of aromatic nitrogens is 3. The second-order valence-corrected chi connectivity index (χ2v) is 12.7. The van der Waals surface area contributed by atoms with E-state index in [1.807, 2.05) is 0 Å². The first-order chi connectivity index (χ1) is 12.6. The summed E-state index contributed by atoms with van der Waals surface area (Å²) in [6, 6.07) is 0.576. The van der Waals surface area contributed by atoms with Crippen molar-refractivity contribution in [3.8, 4) is 0 Å². The van der Waals surface area contributed by atoms with E-state index in [0.29, 0.717) is 29.4 Å². The molecule has 1 aromatic heterocycles. The predicted molar refractivity (Wildman–Crippen MR) is 105 cm³/mol. The minimum atomic E-state index is -2.74. The Morgan fingerprint density at radius 1 is 1.07 bits per heavy atom. The lowest BCUT2D eigenvalue weighted by atomic mass is 9.91. The van der Waals surface area contributed by atoms with Gasteiger partial charge in [-0.15, -0.1) is 0 Å². The Morgan fingerprint density at radius 3 is 2.41 bits per heavy atom. The first-order valence-corrected chi connectivity index (χ1v) is 12.4. The van der Waals surface area contributed by atoms with Crippen molar-refractivity contribution in [3.63, 3.8) is 0 Å². The summed E-state index contributed by atoms with van der Waals surface area (Å²) in [6.45, 7) is 8.69. The number of rotatable bonds is 3. The van der Waals surface area contributed by atoms with Crippen LogP contribution < -0.4 is 0 Å². The highest BCUT2D eigenvalue weighted by Crippen LogP contribution is 2.46. The fourth-order valence-corrected chi connectivity index (χ4v) is 7.80. The van der Waals surface area contributed by atoms with Crippen molar-refractivity contribution in [2.24, 2.45) is 5.41 Å². The molecule has 3 heterocycles. The Bertz CT molecular complexity index is 838. The van der Waals surface area contributed by atoms with Gasteiger partial charge >= 0.3 is 0 Å². The van der Waals surface area contributed by atoms with Gasteiger partial charge in [0.25, 0.3) is 0 Å². The van der Waals surface area contributed by atoms with Crippen LogP contribution in [0.4, 0.5) is 0 Å². The second kappa shape index (κ2) is 5.78. The van der Waals surface area contributed by atoms with Gasteiger partial charge in [-0.1, -0.05) is 0 Å². The zero-order valence-electron chi connectivity index (χ0n) is 16.8. The van der Waals surface area contributed by atoms with Crippen molar-refractivity contribution in [3.05, 3.63) is 11.6 Å². The van der Waals surface area contributed by atoms with Crippen LogP contribution in [0.2, 0.25) is 0 Å². The van der Waals surface area contributed by atoms with E-state index < -0.39 is 9.84 Å². The highest BCUT2D eigenvalue weighted by Gasteiger charge is 2.53. The molecular weight excluding hydrogens is 360 g/mol. The van der Waals surface area contributed by atoms with Gasteiger partial charge in [0.2, 0.25) is 0 Å². The first-order valence-electron chi connectivity index (χ1n) is 10.6. The molecule has 1 aromatic rings. The van der Waals surface area contributed by atoms with Crippen molar-refractivity contribution >= 4 is 9.84 Å². The third-order valence-electron chi connectivity index (χ3n) is 7.03. The number of nitrogens with zero attached hydrogens (tertiary/aromatic N) is 4. The maximum absolute atomic E-state index is 11.7. The van der Waals surface area contributed by atoms with Crippen molar-refractivity contribution < 1.29 is 8.42 Å². The second-order valence-electron chi connectivity index (χ2n) is 10.6. The molecule has 2 aliphatic carbocycles. The fourth-order valence-electron chi connectivity index (χ4n) is 5.54. The van der Waals surface area contributed by atoms with Crippen molar-refractivity contribution in [2.45, 2.75) is 82.7 Å². The Labute approximate surface area is 162 Å². The molecule has 2 atom stereocenters. The first kappa shape index (κ1) is 18.1. The number of hydrogen-bond acceptors (Lipinski definition) is 5. The van der Waals surface area contributed by atoms with E-state index in [9.17, 15) is 8.42 Å². The summed E-state index contributed by atoms with van der Waals surface area (Å²) < 4.78 is 25.5. The normalized spacial score (nSPS) is 32.9. The highest BCUT2D eigenvalue weighted by molar-refractivity contribution is 7.92. The van der Waals surface area contributed by atoms with Gasteiger partial charge in [-0.3, -0.25) is 4.90 Å². The molecule has 4 fully saturated rings.